The van der Waals surface area contributed by atoms with E-state index in [4.69, 9.17) is 0 Å². The molecule has 1 aliphatic rings. The first-order valence-electron chi connectivity index (χ1n) is 7.32. The predicted octanol–water partition coefficient (Wildman–Crippen LogP) is 5.82. The fourth-order valence-electron chi connectivity index (χ4n) is 3.07. The maximum atomic E-state index is 14.3. The Morgan fingerprint density at radius 2 is 1.42 bits per heavy atom. The molecule has 0 heterocycles. The number of hydrogen-bond acceptors (Lipinski definition) is 0. The lowest BCUT2D eigenvalue weighted by Gasteiger charge is -2.32. The summed E-state index contributed by atoms with van der Waals surface area (Å²) in [6.45, 7) is 12.8. The third-order valence-electron chi connectivity index (χ3n) is 4.70. The van der Waals surface area contributed by atoms with Crippen LogP contribution in [0.2, 0.25) is 0 Å². The van der Waals surface area contributed by atoms with Gasteiger partial charge in [-0.1, -0.05) is 65.8 Å². The molecule has 0 saturated heterocycles. The van der Waals surface area contributed by atoms with E-state index in [9.17, 15) is 4.39 Å². The second kappa shape index (κ2) is 4.33. The van der Waals surface area contributed by atoms with Crippen molar-refractivity contribution in [3.63, 3.8) is 0 Å². The SMILES string of the molecule is CC(C)(C)C(F)c1ccc(C2(C(C)(C)C)CC2)cc1. The maximum absolute atomic E-state index is 14.3. The smallest absolute Gasteiger partial charge is 0.130 e. The molecule has 0 aliphatic heterocycles. The summed E-state index contributed by atoms with van der Waals surface area (Å²) < 4.78 is 14.3. The Balaban J connectivity index is 2.26. The van der Waals surface area contributed by atoms with Crippen LogP contribution in [0.5, 0.6) is 0 Å². The van der Waals surface area contributed by atoms with Crippen LogP contribution in [0.4, 0.5) is 4.39 Å². The van der Waals surface area contributed by atoms with Crippen molar-refractivity contribution in [3.8, 4) is 0 Å². The van der Waals surface area contributed by atoms with Crippen molar-refractivity contribution >= 4 is 0 Å². The largest absolute Gasteiger partial charge is 0.242 e. The molecule has 19 heavy (non-hydrogen) atoms. The van der Waals surface area contributed by atoms with Crippen molar-refractivity contribution in [2.75, 3.05) is 0 Å². The summed E-state index contributed by atoms with van der Waals surface area (Å²) in [5.74, 6) is 0. The van der Waals surface area contributed by atoms with Gasteiger partial charge in [0.05, 0.1) is 0 Å². The van der Waals surface area contributed by atoms with Crippen LogP contribution in [-0.2, 0) is 5.41 Å². The topological polar surface area (TPSA) is 0 Å². The van der Waals surface area contributed by atoms with E-state index in [2.05, 4.69) is 32.9 Å². The van der Waals surface area contributed by atoms with Crippen LogP contribution in [0.15, 0.2) is 24.3 Å². The Bertz CT molecular complexity index is 438. The summed E-state index contributed by atoms with van der Waals surface area (Å²) in [5, 5.41) is 0. The van der Waals surface area contributed by atoms with Crippen molar-refractivity contribution < 1.29 is 4.39 Å². The van der Waals surface area contributed by atoms with E-state index < -0.39 is 6.17 Å². The van der Waals surface area contributed by atoms with Gasteiger partial charge in [-0.3, -0.25) is 0 Å². The molecule has 0 nitrogen and oxygen atoms in total. The molecule has 1 saturated carbocycles. The molecule has 1 aromatic carbocycles. The lowest BCUT2D eigenvalue weighted by molar-refractivity contribution is 0.165. The average Bonchev–Trinajstić information content (AvgIpc) is 3.07. The van der Waals surface area contributed by atoms with Gasteiger partial charge in [-0.2, -0.15) is 0 Å². The van der Waals surface area contributed by atoms with Crippen molar-refractivity contribution in [2.45, 2.75) is 66.0 Å². The van der Waals surface area contributed by atoms with Crippen LogP contribution < -0.4 is 0 Å². The van der Waals surface area contributed by atoms with Crippen LogP contribution in [0.3, 0.4) is 0 Å². The number of hydrogen-bond donors (Lipinski definition) is 0. The zero-order chi connectivity index (χ0) is 14.5. The zero-order valence-corrected chi connectivity index (χ0v) is 13.2. The highest BCUT2D eigenvalue weighted by molar-refractivity contribution is 5.36. The van der Waals surface area contributed by atoms with Gasteiger partial charge in [-0.15, -0.1) is 0 Å². The lowest BCUT2D eigenvalue weighted by Crippen LogP contribution is -2.26. The number of benzene rings is 1. The minimum absolute atomic E-state index is 0.285. The molecule has 1 fully saturated rings. The van der Waals surface area contributed by atoms with Gasteiger partial charge in [0.2, 0.25) is 0 Å². The highest BCUT2D eigenvalue weighted by Crippen LogP contribution is 2.59. The normalized spacial score (nSPS) is 20.2. The number of halogens is 1. The Kier molecular flexibility index (Phi) is 3.32. The summed E-state index contributed by atoms with van der Waals surface area (Å²) in [4.78, 5) is 0. The Labute approximate surface area is 117 Å². The third kappa shape index (κ3) is 2.57. The molecular formula is C18H27F. The predicted molar refractivity (Wildman–Crippen MR) is 80.1 cm³/mol. The molecule has 1 heteroatoms. The van der Waals surface area contributed by atoms with E-state index in [-0.39, 0.29) is 10.8 Å². The van der Waals surface area contributed by atoms with Crippen molar-refractivity contribution in [1.82, 2.24) is 0 Å². The summed E-state index contributed by atoms with van der Waals surface area (Å²) >= 11 is 0. The van der Waals surface area contributed by atoms with Crippen molar-refractivity contribution in [2.24, 2.45) is 10.8 Å². The Morgan fingerprint density at radius 3 is 1.74 bits per heavy atom. The molecule has 1 aromatic rings. The van der Waals surface area contributed by atoms with E-state index in [1.807, 2.05) is 32.9 Å². The van der Waals surface area contributed by atoms with E-state index in [0.29, 0.717) is 5.41 Å². The van der Waals surface area contributed by atoms with Crippen LogP contribution in [0.1, 0.15) is 71.7 Å². The Hall–Kier alpha value is -0.850. The molecule has 0 aromatic heterocycles. The van der Waals surface area contributed by atoms with E-state index in [1.165, 1.54) is 18.4 Å². The minimum atomic E-state index is -0.897. The standard InChI is InChI=1S/C18H27F/c1-16(2,3)15(19)13-7-9-14(10-8-13)18(11-12-18)17(4,5)6/h7-10,15H,11-12H2,1-6H3. The average molecular weight is 262 g/mol. The summed E-state index contributed by atoms with van der Waals surface area (Å²) in [6.07, 6.45) is 1.62. The molecule has 106 valence electrons. The molecule has 0 N–H and O–H groups in total. The second-order valence-electron chi connectivity index (χ2n) is 8.18. The first-order chi connectivity index (χ1) is 8.58. The molecule has 0 bridgehead atoms. The van der Waals surface area contributed by atoms with E-state index in [0.717, 1.165) is 5.56 Å². The molecule has 1 unspecified atom stereocenters. The van der Waals surface area contributed by atoms with E-state index in [1.54, 1.807) is 0 Å². The highest BCUT2D eigenvalue weighted by Gasteiger charge is 2.52. The summed E-state index contributed by atoms with van der Waals surface area (Å²) in [5.41, 5.74) is 2.46. The van der Waals surface area contributed by atoms with Crippen LogP contribution >= 0.6 is 0 Å². The number of rotatable bonds is 2. The van der Waals surface area contributed by atoms with E-state index >= 15 is 0 Å². The molecule has 0 radical (unpaired) electrons. The molecule has 0 spiro atoms. The molecule has 1 aliphatic carbocycles. The fourth-order valence-corrected chi connectivity index (χ4v) is 3.07. The van der Waals surface area contributed by atoms with Gasteiger partial charge >= 0.3 is 0 Å². The van der Waals surface area contributed by atoms with Crippen LogP contribution in [0.25, 0.3) is 0 Å². The van der Waals surface area contributed by atoms with Crippen LogP contribution in [0, 0.1) is 10.8 Å². The highest BCUT2D eigenvalue weighted by atomic mass is 19.1. The maximum Gasteiger partial charge on any atom is 0.130 e. The van der Waals surface area contributed by atoms with Gasteiger partial charge < -0.3 is 0 Å². The van der Waals surface area contributed by atoms with Gasteiger partial charge in [0.25, 0.3) is 0 Å². The minimum Gasteiger partial charge on any atom is -0.242 e. The zero-order valence-electron chi connectivity index (χ0n) is 13.2. The van der Waals surface area contributed by atoms with Crippen LogP contribution in [-0.4, -0.2) is 0 Å². The summed E-state index contributed by atoms with van der Waals surface area (Å²) in [7, 11) is 0. The molecule has 0 amide bonds. The third-order valence-corrected chi connectivity index (χ3v) is 4.70. The fraction of sp³-hybridized carbons (Fsp3) is 0.667. The number of alkyl halides is 1. The van der Waals surface area contributed by atoms with Gasteiger partial charge in [-0.05, 0) is 34.8 Å². The second-order valence-corrected chi connectivity index (χ2v) is 8.18. The lowest BCUT2D eigenvalue weighted by atomic mass is 9.73. The monoisotopic (exact) mass is 262 g/mol. The molecular weight excluding hydrogens is 235 g/mol. The molecule has 2 rings (SSSR count). The van der Waals surface area contributed by atoms with Gasteiger partial charge in [-0.25, -0.2) is 4.39 Å². The first kappa shape index (κ1) is 14.6. The van der Waals surface area contributed by atoms with Crippen molar-refractivity contribution in [1.29, 1.82) is 0 Å². The molecule has 1 atom stereocenters. The Morgan fingerprint density at radius 1 is 0.947 bits per heavy atom. The van der Waals surface area contributed by atoms with Gasteiger partial charge in [0.1, 0.15) is 6.17 Å². The summed E-state index contributed by atoms with van der Waals surface area (Å²) in [6, 6.07) is 8.26. The first-order valence-corrected chi connectivity index (χ1v) is 7.32. The van der Waals surface area contributed by atoms with Gasteiger partial charge in [0, 0.05) is 5.41 Å². The quantitative estimate of drug-likeness (QED) is 0.630. The van der Waals surface area contributed by atoms with Gasteiger partial charge in [0.15, 0.2) is 0 Å². The van der Waals surface area contributed by atoms with Crippen molar-refractivity contribution in [3.05, 3.63) is 35.4 Å².